The Morgan fingerprint density at radius 2 is 2.28 bits per heavy atom. The number of hydrogen-bond donors (Lipinski definition) is 1. The van der Waals surface area contributed by atoms with E-state index in [1.807, 2.05) is 10.8 Å². The molecule has 0 saturated carbocycles. The fraction of sp³-hybridized carbons (Fsp3) is 0.231. The van der Waals surface area contributed by atoms with Crippen molar-refractivity contribution in [2.24, 2.45) is 0 Å². The molecule has 1 aromatic heterocycles. The highest BCUT2D eigenvalue weighted by atomic mass is 79.9. The van der Waals surface area contributed by atoms with Gasteiger partial charge in [-0.2, -0.15) is 0 Å². The van der Waals surface area contributed by atoms with Gasteiger partial charge in [0.05, 0.1) is 0 Å². The Bertz CT molecular complexity index is 577. The highest BCUT2D eigenvalue weighted by Crippen LogP contribution is 2.21. The van der Waals surface area contributed by atoms with Crippen molar-refractivity contribution in [2.45, 2.75) is 19.9 Å². The lowest BCUT2D eigenvalue weighted by Crippen LogP contribution is -2.11. The molecule has 0 aliphatic carbocycles. The quantitative estimate of drug-likeness (QED) is 0.698. The van der Waals surface area contributed by atoms with E-state index in [0.29, 0.717) is 17.1 Å². The molecule has 0 spiro atoms. The highest BCUT2D eigenvalue weighted by molar-refractivity contribution is 9.10. The number of hydrogen-bond acceptors (Lipinski definition) is 3. The van der Waals surface area contributed by atoms with Crippen LogP contribution in [0.2, 0.25) is 0 Å². The number of anilines is 1. The summed E-state index contributed by atoms with van der Waals surface area (Å²) < 4.78 is 2.65. The number of aryl methyl sites for hydroxylation is 1. The number of carbonyl (C=O) groups excluding carboxylic acids is 1. The normalized spacial score (nSPS) is 10.6. The number of ketones is 1. The summed E-state index contributed by atoms with van der Waals surface area (Å²) in [5.74, 6) is 0.353. The Morgan fingerprint density at radius 1 is 1.50 bits per heavy atom. The summed E-state index contributed by atoms with van der Waals surface area (Å²) in [6.45, 7) is 2.85. The Balaban J connectivity index is 2.35. The molecule has 2 N–H and O–H groups in total. The predicted molar refractivity (Wildman–Crippen MR) is 74.5 cm³/mol. The first-order valence-electron chi connectivity index (χ1n) is 5.74. The Kier molecular flexibility index (Phi) is 3.81. The van der Waals surface area contributed by atoms with E-state index in [-0.39, 0.29) is 5.78 Å². The van der Waals surface area contributed by atoms with Gasteiger partial charge in [-0.05, 0) is 40.5 Å². The van der Waals surface area contributed by atoms with E-state index in [9.17, 15) is 4.79 Å². The van der Waals surface area contributed by atoms with Crippen LogP contribution in [0.1, 0.15) is 29.5 Å². The van der Waals surface area contributed by atoms with Gasteiger partial charge in [0.25, 0.3) is 0 Å². The third-order valence-electron chi connectivity index (χ3n) is 2.64. The number of aromatic nitrogens is 2. The number of halogens is 1. The van der Waals surface area contributed by atoms with Crippen molar-refractivity contribution in [3.05, 3.63) is 46.5 Å². The number of benzene rings is 1. The van der Waals surface area contributed by atoms with Crippen LogP contribution in [0.15, 0.2) is 35.1 Å². The van der Waals surface area contributed by atoms with Crippen LogP contribution in [0.3, 0.4) is 0 Å². The second-order valence-electron chi connectivity index (χ2n) is 4.01. The maximum Gasteiger partial charge on any atom is 0.228 e. The SMILES string of the molecule is CCCn1ccnc1C(=O)c1ccc(Br)c(N)c1. The molecule has 0 saturated heterocycles. The third-order valence-corrected chi connectivity index (χ3v) is 3.36. The summed E-state index contributed by atoms with van der Waals surface area (Å²) >= 11 is 3.31. The zero-order valence-corrected chi connectivity index (χ0v) is 11.6. The van der Waals surface area contributed by atoms with Gasteiger partial charge in [0.1, 0.15) is 0 Å². The van der Waals surface area contributed by atoms with Crippen LogP contribution in [0, 0.1) is 0 Å². The molecule has 18 heavy (non-hydrogen) atoms. The minimum absolute atomic E-state index is 0.104. The Labute approximate surface area is 114 Å². The van der Waals surface area contributed by atoms with Crippen molar-refractivity contribution in [2.75, 3.05) is 5.73 Å². The molecule has 0 amide bonds. The van der Waals surface area contributed by atoms with Crippen molar-refractivity contribution >= 4 is 27.4 Å². The summed E-state index contributed by atoms with van der Waals surface area (Å²) in [6.07, 6.45) is 4.42. The molecule has 1 heterocycles. The molecule has 0 fully saturated rings. The van der Waals surface area contributed by atoms with Gasteiger partial charge >= 0.3 is 0 Å². The molecule has 2 rings (SSSR count). The number of nitrogen functional groups attached to an aromatic ring is 1. The molecule has 94 valence electrons. The summed E-state index contributed by atoms with van der Waals surface area (Å²) in [7, 11) is 0. The highest BCUT2D eigenvalue weighted by Gasteiger charge is 2.15. The van der Waals surface area contributed by atoms with E-state index < -0.39 is 0 Å². The van der Waals surface area contributed by atoms with Gasteiger partial charge in [-0.15, -0.1) is 0 Å². The molecule has 0 atom stereocenters. The van der Waals surface area contributed by atoms with Crippen LogP contribution >= 0.6 is 15.9 Å². The average Bonchev–Trinajstić information content (AvgIpc) is 2.80. The zero-order valence-electron chi connectivity index (χ0n) is 10.1. The van der Waals surface area contributed by atoms with Crippen LogP contribution in [-0.4, -0.2) is 15.3 Å². The van der Waals surface area contributed by atoms with Gasteiger partial charge in [-0.1, -0.05) is 6.92 Å². The number of imidazole rings is 1. The summed E-state index contributed by atoms with van der Waals surface area (Å²) in [4.78, 5) is 16.4. The average molecular weight is 308 g/mol. The van der Waals surface area contributed by atoms with Gasteiger partial charge in [-0.3, -0.25) is 4.79 Å². The van der Waals surface area contributed by atoms with E-state index in [0.717, 1.165) is 17.4 Å². The molecule has 0 unspecified atom stereocenters. The predicted octanol–water partition coefficient (Wildman–Crippen LogP) is 2.87. The summed E-state index contributed by atoms with van der Waals surface area (Å²) in [5, 5.41) is 0. The van der Waals surface area contributed by atoms with Crippen LogP contribution in [0.25, 0.3) is 0 Å². The second kappa shape index (κ2) is 5.35. The number of nitrogens with zero attached hydrogens (tertiary/aromatic N) is 2. The second-order valence-corrected chi connectivity index (χ2v) is 4.86. The minimum atomic E-state index is -0.104. The first-order valence-corrected chi connectivity index (χ1v) is 6.53. The first-order chi connectivity index (χ1) is 8.63. The van der Waals surface area contributed by atoms with Crippen LogP contribution in [0.5, 0.6) is 0 Å². The van der Waals surface area contributed by atoms with E-state index in [2.05, 4.69) is 27.8 Å². The van der Waals surface area contributed by atoms with Crippen molar-refractivity contribution < 1.29 is 4.79 Å². The largest absolute Gasteiger partial charge is 0.398 e. The maximum atomic E-state index is 12.3. The van der Waals surface area contributed by atoms with Gasteiger partial charge in [0, 0.05) is 34.7 Å². The van der Waals surface area contributed by atoms with E-state index in [1.165, 1.54) is 0 Å². The van der Waals surface area contributed by atoms with Gasteiger partial charge in [-0.25, -0.2) is 4.98 Å². The molecule has 0 aliphatic rings. The standard InChI is InChI=1S/C13H14BrN3O/c1-2-6-17-7-5-16-13(17)12(18)9-3-4-10(14)11(15)8-9/h3-5,7-8H,2,6,15H2,1H3. The molecule has 5 heteroatoms. The minimum Gasteiger partial charge on any atom is -0.398 e. The molecule has 0 bridgehead atoms. The number of rotatable bonds is 4. The first kappa shape index (κ1) is 12.8. The topological polar surface area (TPSA) is 60.9 Å². The van der Waals surface area contributed by atoms with Crippen molar-refractivity contribution in [1.29, 1.82) is 0 Å². The van der Waals surface area contributed by atoms with E-state index in [1.54, 1.807) is 24.4 Å². The van der Waals surface area contributed by atoms with Crippen molar-refractivity contribution in [3.8, 4) is 0 Å². The summed E-state index contributed by atoms with van der Waals surface area (Å²) in [6, 6.07) is 5.18. The van der Waals surface area contributed by atoms with Gasteiger partial charge < -0.3 is 10.3 Å². The maximum absolute atomic E-state index is 12.3. The molecule has 2 aromatic rings. The third kappa shape index (κ3) is 2.46. The van der Waals surface area contributed by atoms with E-state index >= 15 is 0 Å². The van der Waals surface area contributed by atoms with Crippen LogP contribution < -0.4 is 5.73 Å². The molecular weight excluding hydrogens is 294 g/mol. The molecular formula is C13H14BrN3O. The van der Waals surface area contributed by atoms with E-state index in [4.69, 9.17) is 5.73 Å². The van der Waals surface area contributed by atoms with Gasteiger partial charge in [0.2, 0.25) is 5.78 Å². The lowest BCUT2D eigenvalue weighted by Gasteiger charge is -2.06. The van der Waals surface area contributed by atoms with Crippen molar-refractivity contribution in [1.82, 2.24) is 9.55 Å². The number of nitrogens with two attached hydrogens (primary N) is 1. The fourth-order valence-electron chi connectivity index (χ4n) is 1.75. The van der Waals surface area contributed by atoms with Gasteiger partial charge in [0.15, 0.2) is 5.82 Å². The lowest BCUT2D eigenvalue weighted by molar-refractivity contribution is 0.102. The Morgan fingerprint density at radius 3 is 2.94 bits per heavy atom. The van der Waals surface area contributed by atoms with Crippen LogP contribution in [-0.2, 0) is 6.54 Å². The zero-order chi connectivity index (χ0) is 13.1. The number of carbonyl (C=O) groups is 1. The Hall–Kier alpha value is -1.62. The molecule has 0 radical (unpaired) electrons. The monoisotopic (exact) mass is 307 g/mol. The van der Waals surface area contributed by atoms with Crippen molar-refractivity contribution in [3.63, 3.8) is 0 Å². The fourth-order valence-corrected chi connectivity index (χ4v) is 2.00. The smallest absolute Gasteiger partial charge is 0.228 e. The molecule has 4 nitrogen and oxygen atoms in total. The molecule has 0 aliphatic heterocycles. The summed E-state index contributed by atoms with van der Waals surface area (Å²) in [5.41, 5.74) is 6.89. The van der Waals surface area contributed by atoms with Crippen LogP contribution in [0.4, 0.5) is 5.69 Å². The molecule has 1 aromatic carbocycles. The lowest BCUT2D eigenvalue weighted by atomic mass is 10.1.